The second kappa shape index (κ2) is 10.5. The Morgan fingerprint density at radius 2 is 1.82 bits per heavy atom. The van der Waals surface area contributed by atoms with E-state index in [4.69, 9.17) is 14.2 Å². The zero-order valence-corrected chi connectivity index (χ0v) is 20.3. The van der Waals surface area contributed by atoms with E-state index in [0.717, 1.165) is 60.8 Å². The Hall–Kier alpha value is -3.04. The summed E-state index contributed by atoms with van der Waals surface area (Å²) in [6.07, 6.45) is 5.22. The lowest BCUT2D eigenvalue weighted by Gasteiger charge is -2.37. The van der Waals surface area contributed by atoms with Gasteiger partial charge >= 0.3 is 0 Å². The Labute approximate surface area is 204 Å². The highest BCUT2D eigenvalue weighted by Gasteiger charge is 2.24. The molecule has 1 fully saturated rings. The number of halogens is 1. The van der Waals surface area contributed by atoms with E-state index < -0.39 is 0 Å². The zero-order chi connectivity index (χ0) is 22.8. The number of ether oxygens (including phenoxy) is 3. The normalized spacial score (nSPS) is 16.2. The fourth-order valence-corrected chi connectivity index (χ4v) is 4.59. The largest absolute Gasteiger partial charge is 0.497 e. The van der Waals surface area contributed by atoms with Gasteiger partial charge in [0.1, 0.15) is 24.8 Å². The molecule has 0 saturated carbocycles. The number of likely N-dealkylation sites (tertiary alicyclic amines) is 1. The minimum atomic E-state index is -0.0879. The summed E-state index contributed by atoms with van der Waals surface area (Å²) in [5, 5.41) is 0. The molecule has 1 aromatic carbocycles. The van der Waals surface area contributed by atoms with Crippen LogP contribution in [0.2, 0.25) is 0 Å². The highest BCUT2D eigenvalue weighted by atomic mass is 35.5. The standard InChI is InChI=1S/C24H29N5O4.ClH/c1-27(23-14-21-22(15-26-23)33-12-11-32-21)17-5-7-28(8-6-17)9-10-29-20-13-18(31-2)3-4-19(20)25-16-24(29)30;/h3-4,13-17H,5-12H2,1-2H3;1H. The second-order valence-electron chi connectivity index (χ2n) is 8.47. The number of methoxy groups -OCH3 is 1. The van der Waals surface area contributed by atoms with E-state index in [1.54, 1.807) is 17.9 Å². The summed E-state index contributed by atoms with van der Waals surface area (Å²) in [7, 11) is 3.72. The molecule has 4 heterocycles. The molecule has 0 N–H and O–H groups in total. The highest BCUT2D eigenvalue weighted by molar-refractivity contribution is 5.85. The summed E-state index contributed by atoms with van der Waals surface area (Å²) in [5.41, 5.74) is 1.51. The third-order valence-corrected chi connectivity index (χ3v) is 6.58. The first-order valence-electron chi connectivity index (χ1n) is 11.4. The molecule has 0 bridgehead atoms. The van der Waals surface area contributed by atoms with E-state index in [1.165, 1.54) is 6.20 Å². The molecule has 9 nitrogen and oxygen atoms in total. The molecule has 182 valence electrons. The quantitative estimate of drug-likeness (QED) is 0.525. The molecule has 0 unspecified atom stereocenters. The molecule has 3 aromatic rings. The number of piperidine rings is 1. The third-order valence-electron chi connectivity index (χ3n) is 6.58. The number of pyridine rings is 1. The van der Waals surface area contributed by atoms with Crippen molar-refractivity contribution < 1.29 is 14.2 Å². The second-order valence-corrected chi connectivity index (χ2v) is 8.47. The van der Waals surface area contributed by atoms with Gasteiger partial charge in [0.25, 0.3) is 5.56 Å². The molecule has 1 saturated heterocycles. The van der Waals surface area contributed by atoms with E-state index in [9.17, 15) is 4.79 Å². The van der Waals surface area contributed by atoms with Crippen molar-refractivity contribution in [2.75, 3.05) is 51.9 Å². The smallest absolute Gasteiger partial charge is 0.269 e. The van der Waals surface area contributed by atoms with Crippen molar-refractivity contribution in [1.82, 2.24) is 19.4 Å². The Balaban J connectivity index is 0.00000274. The van der Waals surface area contributed by atoms with Gasteiger partial charge in [-0.15, -0.1) is 12.4 Å². The zero-order valence-electron chi connectivity index (χ0n) is 19.5. The lowest BCUT2D eigenvalue weighted by molar-refractivity contribution is 0.170. The van der Waals surface area contributed by atoms with E-state index in [2.05, 4.69) is 26.8 Å². The van der Waals surface area contributed by atoms with Crippen LogP contribution in [0.25, 0.3) is 11.0 Å². The van der Waals surface area contributed by atoms with Gasteiger partial charge in [0.05, 0.1) is 30.5 Å². The first kappa shape index (κ1) is 24.1. The van der Waals surface area contributed by atoms with Gasteiger partial charge in [0, 0.05) is 51.4 Å². The van der Waals surface area contributed by atoms with Crippen LogP contribution in [-0.2, 0) is 6.54 Å². The monoisotopic (exact) mass is 487 g/mol. The average Bonchev–Trinajstić information content (AvgIpc) is 2.87. The maximum absolute atomic E-state index is 12.5. The first-order chi connectivity index (χ1) is 16.1. The van der Waals surface area contributed by atoms with Crippen molar-refractivity contribution in [3.05, 3.63) is 47.0 Å². The topological polar surface area (TPSA) is 82.0 Å². The minimum absolute atomic E-state index is 0. The lowest BCUT2D eigenvalue weighted by Crippen LogP contribution is -2.45. The molecular weight excluding hydrogens is 458 g/mol. The number of hydrogen-bond acceptors (Lipinski definition) is 8. The van der Waals surface area contributed by atoms with Gasteiger partial charge in [-0.1, -0.05) is 0 Å². The van der Waals surface area contributed by atoms with Crippen molar-refractivity contribution in [2.24, 2.45) is 0 Å². The van der Waals surface area contributed by atoms with E-state index in [-0.39, 0.29) is 18.0 Å². The van der Waals surface area contributed by atoms with Gasteiger partial charge in [-0.3, -0.25) is 4.79 Å². The summed E-state index contributed by atoms with van der Waals surface area (Å²) in [6.45, 7) is 4.52. The number of anilines is 1. The number of hydrogen-bond donors (Lipinski definition) is 0. The number of benzene rings is 1. The molecule has 0 atom stereocenters. The molecule has 0 radical (unpaired) electrons. The highest BCUT2D eigenvalue weighted by Crippen LogP contribution is 2.33. The van der Waals surface area contributed by atoms with Crippen LogP contribution >= 0.6 is 12.4 Å². The minimum Gasteiger partial charge on any atom is -0.497 e. The van der Waals surface area contributed by atoms with Gasteiger partial charge in [-0.05, 0) is 25.0 Å². The first-order valence-corrected chi connectivity index (χ1v) is 11.4. The molecule has 5 rings (SSSR count). The lowest BCUT2D eigenvalue weighted by atomic mass is 10.0. The molecule has 0 spiro atoms. The van der Waals surface area contributed by atoms with Gasteiger partial charge in [-0.25, -0.2) is 9.97 Å². The summed E-state index contributed by atoms with van der Waals surface area (Å²) < 4.78 is 18.4. The van der Waals surface area contributed by atoms with Gasteiger partial charge < -0.3 is 28.6 Å². The molecule has 10 heteroatoms. The van der Waals surface area contributed by atoms with Crippen LogP contribution in [0.1, 0.15) is 12.8 Å². The Bertz CT molecular complexity index is 1200. The molecule has 2 aliphatic heterocycles. The molecular formula is C24H30ClN5O4. The number of aromatic nitrogens is 3. The van der Waals surface area contributed by atoms with E-state index in [1.807, 2.05) is 24.3 Å². The average molecular weight is 488 g/mol. The van der Waals surface area contributed by atoms with Gasteiger partial charge in [0.15, 0.2) is 11.5 Å². The molecule has 2 aliphatic rings. The predicted octanol–water partition coefficient (Wildman–Crippen LogP) is 2.59. The van der Waals surface area contributed by atoms with Crippen LogP contribution in [-0.4, -0.2) is 72.5 Å². The fourth-order valence-electron chi connectivity index (χ4n) is 4.59. The van der Waals surface area contributed by atoms with Crippen LogP contribution in [0, 0.1) is 0 Å². The number of rotatable bonds is 6. The summed E-state index contributed by atoms with van der Waals surface area (Å²) in [6, 6.07) is 8.01. The van der Waals surface area contributed by atoms with Crippen LogP contribution < -0.4 is 24.7 Å². The van der Waals surface area contributed by atoms with Gasteiger partial charge in [0.2, 0.25) is 0 Å². The van der Waals surface area contributed by atoms with Crippen LogP contribution in [0.3, 0.4) is 0 Å². The molecule has 34 heavy (non-hydrogen) atoms. The summed E-state index contributed by atoms with van der Waals surface area (Å²) >= 11 is 0. The fraction of sp³-hybridized carbons (Fsp3) is 0.458. The summed E-state index contributed by atoms with van der Waals surface area (Å²) in [5.74, 6) is 3.11. The Morgan fingerprint density at radius 1 is 1.06 bits per heavy atom. The van der Waals surface area contributed by atoms with Crippen molar-refractivity contribution in [3.8, 4) is 17.2 Å². The van der Waals surface area contributed by atoms with Crippen molar-refractivity contribution >= 4 is 29.3 Å². The number of fused-ring (bicyclic) bond motifs is 2. The molecule has 0 aliphatic carbocycles. The Kier molecular flexibility index (Phi) is 7.43. The van der Waals surface area contributed by atoms with Crippen molar-refractivity contribution in [2.45, 2.75) is 25.4 Å². The molecule has 2 aromatic heterocycles. The van der Waals surface area contributed by atoms with Gasteiger partial charge in [-0.2, -0.15) is 0 Å². The maximum Gasteiger partial charge on any atom is 0.269 e. The summed E-state index contributed by atoms with van der Waals surface area (Å²) in [4.78, 5) is 26.0. The SMILES string of the molecule is COc1ccc2ncc(=O)n(CCN3CCC(N(C)c4cc5c(cn4)OCCO5)CC3)c2c1.Cl. The van der Waals surface area contributed by atoms with Crippen LogP contribution in [0.15, 0.2) is 41.5 Å². The van der Waals surface area contributed by atoms with Crippen molar-refractivity contribution in [3.63, 3.8) is 0 Å². The maximum atomic E-state index is 12.5. The predicted molar refractivity (Wildman–Crippen MR) is 133 cm³/mol. The van der Waals surface area contributed by atoms with Crippen LogP contribution in [0.4, 0.5) is 5.82 Å². The van der Waals surface area contributed by atoms with Crippen molar-refractivity contribution in [1.29, 1.82) is 0 Å². The Morgan fingerprint density at radius 3 is 2.59 bits per heavy atom. The van der Waals surface area contributed by atoms with E-state index in [0.29, 0.717) is 31.5 Å². The third kappa shape index (κ3) is 4.90. The number of nitrogens with zero attached hydrogens (tertiary/aromatic N) is 5. The van der Waals surface area contributed by atoms with Crippen LogP contribution in [0.5, 0.6) is 17.2 Å². The van der Waals surface area contributed by atoms with E-state index >= 15 is 0 Å². The molecule has 0 amide bonds.